The maximum absolute atomic E-state index is 14.8. The van der Waals surface area contributed by atoms with Gasteiger partial charge in [0.2, 0.25) is 6.10 Å². The van der Waals surface area contributed by atoms with Gasteiger partial charge in [-0.15, -0.1) is 0 Å². The van der Waals surface area contributed by atoms with Gasteiger partial charge in [0.25, 0.3) is 0 Å². The Morgan fingerprint density at radius 2 is 1.77 bits per heavy atom. The summed E-state index contributed by atoms with van der Waals surface area (Å²) >= 11 is 0. The summed E-state index contributed by atoms with van der Waals surface area (Å²) in [5.41, 5.74) is -3.48. The van der Waals surface area contributed by atoms with Crippen molar-refractivity contribution in [2.24, 2.45) is 34.0 Å². The second kappa shape index (κ2) is 10.6. The van der Waals surface area contributed by atoms with Crippen LogP contribution in [-0.2, 0) is 42.9 Å². The largest absolute Gasteiger partial charge is 0.472 e. The highest BCUT2D eigenvalue weighted by atomic mass is 16.6. The smallest absolute Gasteiger partial charge is 0.347 e. The minimum absolute atomic E-state index is 0.0497. The lowest BCUT2D eigenvalue weighted by atomic mass is 9.39. The average molecular weight is 615 g/mol. The Morgan fingerprint density at radius 3 is 2.34 bits per heavy atom. The van der Waals surface area contributed by atoms with Gasteiger partial charge in [0.1, 0.15) is 12.2 Å². The first-order chi connectivity index (χ1) is 20.4. The van der Waals surface area contributed by atoms with E-state index in [0.29, 0.717) is 24.0 Å². The van der Waals surface area contributed by atoms with E-state index in [1.54, 1.807) is 40.7 Å². The number of hydrogen-bond acceptors (Lipinski definition) is 11. The quantitative estimate of drug-likeness (QED) is 0.281. The van der Waals surface area contributed by atoms with Gasteiger partial charge in [-0.1, -0.05) is 47.1 Å². The number of ether oxygens (including phenoxy) is 4. The molecular weight excluding hydrogens is 572 g/mol. The number of rotatable bonds is 6. The maximum atomic E-state index is 14.8. The third-order valence-electron chi connectivity index (χ3n) is 10.8. The number of cyclic esters (lactones) is 1. The molecule has 240 valence electrons. The lowest BCUT2D eigenvalue weighted by Gasteiger charge is -2.66. The molecule has 11 heteroatoms. The SMILES string of the molecule is COC(=O)[C@H](OC(C)=O)[C@H]1C(C)(C)[C@H](OC(=O)C(C)C)[C@]2(O)CC3=C4CC(=O)O[C@@H](c5ccoc5)[C@]4(C)CC[C@@H]3[C@@]1(C)C2=O. The number of furan rings is 1. The predicted molar refractivity (Wildman–Crippen MR) is 152 cm³/mol. The topological polar surface area (TPSA) is 156 Å². The zero-order valence-electron chi connectivity index (χ0n) is 26.6. The Hall–Kier alpha value is -3.47. The first-order valence-electron chi connectivity index (χ1n) is 15.1. The van der Waals surface area contributed by atoms with Gasteiger partial charge >= 0.3 is 23.9 Å². The molecule has 5 rings (SSSR count). The molecule has 0 aromatic carbocycles. The van der Waals surface area contributed by atoms with Crippen LogP contribution in [0.2, 0.25) is 0 Å². The number of carbonyl (C=O) groups excluding carboxylic acids is 5. The van der Waals surface area contributed by atoms with E-state index in [1.807, 2.05) is 6.92 Å². The maximum Gasteiger partial charge on any atom is 0.347 e. The summed E-state index contributed by atoms with van der Waals surface area (Å²) in [6.45, 7) is 11.5. The fraction of sp³-hybridized carbons (Fsp3) is 0.667. The second-order valence-corrected chi connectivity index (χ2v) is 14.2. The normalized spacial score (nSPS) is 36.5. The first kappa shape index (κ1) is 31.9. The van der Waals surface area contributed by atoms with E-state index >= 15 is 0 Å². The van der Waals surface area contributed by atoms with Gasteiger partial charge in [-0.3, -0.25) is 19.2 Å². The van der Waals surface area contributed by atoms with E-state index in [1.165, 1.54) is 12.5 Å². The van der Waals surface area contributed by atoms with Crippen molar-refractivity contribution in [1.82, 2.24) is 0 Å². The molecule has 2 heterocycles. The highest BCUT2D eigenvalue weighted by Crippen LogP contribution is 2.69. The lowest BCUT2D eigenvalue weighted by molar-refractivity contribution is -0.249. The molecule has 0 radical (unpaired) electrons. The van der Waals surface area contributed by atoms with Crippen LogP contribution in [-0.4, -0.2) is 59.7 Å². The van der Waals surface area contributed by atoms with Crippen LogP contribution in [0.25, 0.3) is 0 Å². The van der Waals surface area contributed by atoms with Crippen molar-refractivity contribution >= 4 is 29.7 Å². The molecule has 0 spiro atoms. The minimum atomic E-state index is -2.19. The Kier molecular flexibility index (Phi) is 7.67. The van der Waals surface area contributed by atoms with E-state index in [0.717, 1.165) is 19.6 Å². The van der Waals surface area contributed by atoms with E-state index in [4.69, 9.17) is 23.4 Å². The summed E-state index contributed by atoms with van der Waals surface area (Å²) in [5.74, 6) is -5.49. The van der Waals surface area contributed by atoms with Gasteiger partial charge in [0.05, 0.1) is 32.0 Å². The van der Waals surface area contributed by atoms with Crippen molar-refractivity contribution in [2.75, 3.05) is 7.11 Å². The van der Waals surface area contributed by atoms with Crippen LogP contribution in [0.5, 0.6) is 0 Å². The molecule has 1 aromatic rings. The molecule has 44 heavy (non-hydrogen) atoms. The van der Waals surface area contributed by atoms with Gasteiger partial charge in [0.15, 0.2) is 11.4 Å². The number of methoxy groups -OCH3 is 1. The van der Waals surface area contributed by atoms with E-state index in [9.17, 15) is 29.1 Å². The molecular formula is C33H42O11. The first-order valence-corrected chi connectivity index (χ1v) is 15.1. The summed E-state index contributed by atoms with van der Waals surface area (Å²) in [5, 5.41) is 12.6. The molecule has 2 bridgehead atoms. The van der Waals surface area contributed by atoms with Crippen molar-refractivity contribution in [3.8, 4) is 0 Å². The minimum Gasteiger partial charge on any atom is -0.472 e. The van der Waals surface area contributed by atoms with Crippen LogP contribution < -0.4 is 0 Å². The molecule has 11 nitrogen and oxygen atoms in total. The zero-order chi connectivity index (χ0) is 32.6. The summed E-state index contributed by atoms with van der Waals surface area (Å²) in [6.07, 6.45) is 0.201. The van der Waals surface area contributed by atoms with Gasteiger partial charge in [0, 0.05) is 41.1 Å². The van der Waals surface area contributed by atoms with Gasteiger partial charge < -0.3 is 28.5 Å². The number of hydrogen-bond donors (Lipinski definition) is 1. The van der Waals surface area contributed by atoms with Crippen molar-refractivity contribution in [2.45, 2.75) is 98.1 Å². The molecule has 4 aliphatic rings. The molecule has 1 aromatic heterocycles. The molecule has 8 atom stereocenters. The number of esters is 4. The van der Waals surface area contributed by atoms with Crippen LogP contribution in [0, 0.1) is 34.0 Å². The van der Waals surface area contributed by atoms with E-state index in [-0.39, 0.29) is 12.8 Å². The Balaban J connectivity index is 1.78. The number of Topliss-reactive ketones (excluding diaryl/α,β-unsaturated/α-hetero) is 1. The third-order valence-corrected chi connectivity index (χ3v) is 10.8. The molecule has 1 aliphatic heterocycles. The summed E-state index contributed by atoms with van der Waals surface area (Å²) < 4.78 is 27.9. The molecule has 3 fully saturated rings. The fourth-order valence-corrected chi connectivity index (χ4v) is 9.02. The predicted octanol–water partition coefficient (Wildman–Crippen LogP) is 4.02. The Bertz CT molecular complexity index is 1420. The summed E-state index contributed by atoms with van der Waals surface area (Å²) in [7, 11) is 1.16. The second-order valence-electron chi connectivity index (χ2n) is 14.2. The number of carbonyl (C=O) groups is 5. The number of aliphatic hydroxyl groups is 1. The van der Waals surface area contributed by atoms with Crippen molar-refractivity contribution in [3.63, 3.8) is 0 Å². The number of fused-ring (bicyclic) bond motifs is 5. The van der Waals surface area contributed by atoms with Crippen LogP contribution in [0.3, 0.4) is 0 Å². The summed E-state index contributed by atoms with van der Waals surface area (Å²) in [6, 6.07) is 1.75. The monoisotopic (exact) mass is 614 g/mol. The average Bonchev–Trinajstić information content (AvgIpc) is 3.47. The Morgan fingerprint density at radius 1 is 1.09 bits per heavy atom. The number of ketones is 1. The van der Waals surface area contributed by atoms with Crippen molar-refractivity contribution < 1.29 is 52.4 Å². The lowest BCUT2D eigenvalue weighted by Crippen LogP contribution is -2.77. The van der Waals surface area contributed by atoms with E-state index in [2.05, 4.69) is 0 Å². The molecule has 0 amide bonds. The molecule has 3 aliphatic carbocycles. The molecule has 2 saturated carbocycles. The standard InChI is InChI=1S/C33H42O11/c1-16(2)26(36)44-29-30(4,5)24(23(27(37)40-8)42-17(3)34)32(7)20-9-11-31(6)21(19(20)14-33(29,39)28(32)38)13-22(35)43-25(31)18-10-12-41-15-18/h10,12,15-16,20,23-25,29,39H,9,11,13-14H2,1-8H3/t20-,23+,24-,25-,29-,31+,32+,33-/m0/s1. The van der Waals surface area contributed by atoms with Gasteiger partial charge in [-0.25, -0.2) is 4.79 Å². The van der Waals surface area contributed by atoms with Gasteiger partial charge in [-0.05, 0) is 30.4 Å². The fourth-order valence-electron chi connectivity index (χ4n) is 9.02. The molecule has 0 unspecified atom stereocenters. The highest BCUT2D eigenvalue weighted by Gasteiger charge is 2.76. The third kappa shape index (κ3) is 4.44. The Labute approximate surface area is 256 Å². The van der Waals surface area contributed by atoms with Crippen molar-refractivity contribution in [1.29, 1.82) is 0 Å². The highest BCUT2D eigenvalue weighted by molar-refractivity contribution is 5.98. The van der Waals surface area contributed by atoms with E-state index < -0.39 is 87.6 Å². The molecule has 1 N–H and O–H groups in total. The summed E-state index contributed by atoms with van der Waals surface area (Å²) in [4.78, 5) is 66.7. The van der Waals surface area contributed by atoms with Crippen LogP contribution in [0.4, 0.5) is 0 Å². The van der Waals surface area contributed by atoms with Gasteiger partial charge in [-0.2, -0.15) is 0 Å². The van der Waals surface area contributed by atoms with Crippen molar-refractivity contribution in [3.05, 3.63) is 35.3 Å². The molecule has 1 saturated heterocycles. The van der Waals surface area contributed by atoms with Crippen LogP contribution in [0.1, 0.15) is 85.8 Å². The zero-order valence-corrected chi connectivity index (χ0v) is 26.6. The van der Waals surface area contributed by atoms with Crippen LogP contribution >= 0.6 is 0 Å². The van der Waals surface area contributed by atoms with Crippen LogP contribution in [0.15, 0.2) is 34.2 Å².